The highest BCUT2D eigenvalue weighted by Crippen LogP contribution is 2.32. The minimum absolute atomic E-state index is 0.0534. The molecule has 1 aliphatic carbocycles. The van der Waals surface area contributed by atoms with E-state index in [-0.39, 0.29) is 6.04 Å². The van der Waals surface area contributed by atoms with Gasteiger partial charge in [0, 0.05) is 12.0 Å². The molecule has 0 bridgehead atoms. The Kier molecular flexibility index (Phi) is 3.27. The summed E-state index contributed by atoms with van der Waals surface area (Å²) in [4.78, 5) is 0. The second-order valence-corrected chi connectivity index (χ2v) is 5.56. The lowest BCUT2D eigenvalue weighted by Crippen LogP contribution is -2.21. The van der Waals surface area contributed by atoms with Crippen LogP contribution in [0.3, 0.4) is 0 Å². The summed E-state index contributed by atoms with van der Waals surface area (Å²) in [6, 6.07) is 8.28. The molecule has 1 saturated heterocycles. The predicted molar refractivity (Wildman–Crippen MR) is 70.5 cm³/mol. The SMILES string of the molecule is CC1CC(C(N)c2cccc(OC3CC3)c2)CO1. The maximum absolute atomic E-state index is 6.34. The van der Waals surface area contributed by atoms with Gasteiger partial charge in [-0.05, 0) is 43.9 Å². The number of benzene rings is 1. The average molecular weight is 247 g/mol. The molecule has 0 spiro atoms. The number of ether oxygens (including phenoxy) is 2. The minimum Gasteiger partial charge on any atom is -0.490 e. The first-order chi connectivity index (χ1) is 8.72. The largest absolute Gasteiger partial charge is 0.490 e. The summed E-state index contributed by atoms with van der Waals surface area (Å²) in [6.07, 6.45) is 4.20. The van der Waals surface area contributed by atoms with Gasteiger partial charge < -0.3 is 15.2 Å². The van der Waals surface area contributed by atoms with Crippen molar-refractivity contribution in [3.63, 3.8) is 0 Å². The molecule has 1 saturated carbocycles. The van der Waals surface area contributed by atoms with Crippen molar-refractivity contribution in [2.75, 3.05) is 6.61 Å². The fourth-order valence-corrected chi connectivity index (χ4v) is 2.55. The molecule has 0 radical (unpaired) electrons. The van der Waals surface area contributed by atoms with E-state index in [1.54, 1.807) is 0 Å². The molecule has 3 heteroatoms. The highest BCUT2D eigenvalue weighted by molar-refractivity contribution is 5.31. The van der Waals surface area contributed by atoms with Crippen LogP contribution in [0.15, 0.2) is 24.3 Å². The smallest absolute Gasteiger partial charge is 0.120 e. The Morgan fingerprint density at radius 1 is 1.39 bits per heavy atom. The lowest BCUT2D eigenvalue weighted by atomic mass is 9.92. The Morgan fingerprint density at radius 3 is 2.89 bits per heavy atom. The first kappa shape index (κ1) is 12.0. The quantitative estimate of drug-likeness (QED) is 0.889. The molecule has 3 atom stereocenters. The van der Waals surface area contributed by atoms with E-state index in [0.29, 0.717) is 18.1 Å². The molecule has 3 nitrogen and oxygen atoms in total. The van der Waals surface area contributed by atoms with Crippen molar-refractivity contribution in [2.24, 2.45) is 11.7 Å². The molecule has 2 fully saturated rings. The summed E-state index contributed by atoms with van der Waals surface area (Å²) in [7, 11) is 0. The van der Waals surface area contributed by atoms with Crippen LogP contribution in [0.5, 0.6) is 5.75 Å². The van der Waals surface area contributed by atoms with Crippen LogP contribution in [-0.4, -0.2) is 18.8 Å². The summed E-state index contributed by atoms with van der Waals surface area (Å²) >= 11 is 0. The highest BCUT2D eigenvalue weighted by atomic mass is 16.5. The Labute approximate surface area is 108 Å². The van der Waals surface area contributed by atoms with Crippen molar-refractivity contribution in [2.45, 2.75) is 44.4 Å². The van der Waals surface area contributed by atoms with Crippen LogP contribution in [0.25, 0.3) is 0 Å². The third-order valence-electron chi connectivity index (χ3n) is 3.81. The van der Waals surface area contributed by atoms with E-state index in [9.17, 15) is 0 Å². The molecule has 0 aromatic heterocycles. The summed E-state index contributed by atoms with van der Waals surface area (Å²) in [5, 5.41) is 0. The van der Waals surface area contributed by atoms with E-state index >= 15 is 0 Å². The van der Waals surface area contributed by atoms with Crippen LogP contribution < -0.4 is 10.5 Å². The van der Waals surface area contributed by atoms with Gasteiger partial charge in [0.15, 0.2) is 0 Å². The van der Waals surface area contributed by atoms with Gasteiger partial charge in [0.05, 0.1) is 18.8 Å². The Bertz CT molecular complexity index is 417. The molecule has 1 heterocycles. The fourth-order valence-electron chi connectivity index (χ4n) is 2.55. The van der Waals surface area contributed by atoms with Gasteiger partial charge in [0.2, 0.25) is 0 Å². The summed E-state index contributed by atoms with van der Waals surface area (Å²) in [5.41, 5.74) is 7.51. The molecule has 0 amide bonds. The van der Waals surface area contributed by atoms with Crippen molar-refractivity contribution in [3.8, 4) is 5.75 Å². The number of rotatable bonds is 4. The van der Waals surface area contributed by atoms with E-state index in [1.807, 2.05) is 12.1 Å². The molecular formula is C15H21NO2. The highest BCUT2D eigenvalue weighted by Gasteiger charge is 2.29. The van der Waals surface area contributed by atoms with Gasteiger partial charge in [-0.25, -0.2) is 0 Å². The topological polar surface area (TPSA) is 44.5 Å². The van der Waals surface area contributed by atoms with E-state index in [1.165, 1.54) is 12.8 Å². The molecule has 2 N–H and O–H groups in total. The zero-order valence-electron chi connectivity index (χ0n) is 10.8. The van der Waals surface area contributed by atoms with Gasteiger partial charge in [-0.3, -0.25) is 0 Å². The maximum Gasteiger partial charge on any atom is 0.120 e. The zero-order chi connectivity index (χ0) is 12.5. The van der Waals surface area contributed by atoms with Crippen molar-refractivity contribution in [1.29, 1.82) is 0 Å². The van der Waals surface area contributed by atoms with Crippen LogP contribution in [-0.2, 0) is 4.74 Å². The Morgan fingerprint density at radius 2 is 2.22 bits per heavy atom. The molecule has 18 heavy (non-hydrogen) atoms. The third-order valence-corrected chi connectivity index (χ3v) is 3.81. The average Bonchev–Trinajstić information content (AvgIpc) is 3.08. The van der Waals surface area contributed by atoms with E-state index in [2.05, 4.69) is 19.1 Å². The molecule has 3 rings (SSSR count). The van der Waals surface area contributed by atoms with Crippen LogP contribution >= 0.6 is 0 Å². The van der Waals surface area contributed by atoms with Crippen LogP contribution in [0.4, 0.5) is 0 Å². The molecule has 2 aliphatic rings. The molecule has 98 valence electrons. The lowest BCUT2D eigenvalue weighted by Gasteiger charge is -2.19. The van der Waals surface area contributed by atoms with Crippen LogP contribution in [0.2, 0.25) is 0 Å². The zero-order valence-corrected chi connectivity index (χ0v) is 10.8. The van der Waals surface area contributed by atoms with E-state index < -0.39 is 0 Å². The summed E-state index contributed by atoms with van der Waals surface area (Å²) in [5.74, 6) is 1.38. The monoisotopic (exact) mass is 247 g/mol. The number of nitrogens with two attached hydrogens (primary N) is 1. The Balaban J connectivity index is 1.70. The third kappa shape index (κ3) is 2.68. The standard InChI is InChI=1S/C15H21NO2/c1-10-7-12(9-17-10)15(16)11-3-2-4-14(8-11)18-13-5-6-13/h2-4,8,10,12-13,15H,5-7,9,16H2,1H3. The predicted octanol–water partition coefficient (Wildman–Crippen LogP) is 2.65. The van der Waals surface area contributed by atoms with Crippen molar-refractivity contribution < 1.29 is 9.47 Å². The second kappa shape index (κ2) is 4.90. The van der Waals surface area contributed by atoms with E-state index in [0.717, 1.165) is 24.3 Å². The second-order valence-electron chi connectivity index (χ2n) is 5.56. The molecule has 1 aliphatic heterocycles. The first-order valence-electron chi connectivity index (χ1n) is 6.86. The number of hydrogen-bond acceptors (Lipinski definition) is 3. The van der Waals surface area contributed by atoms with Gasteiger partial charge >= 0.3 is 0 Å². The van der Waals surface area contributed by atoms with E-state index in [4.69, 9.17) is 15.2 Å². The first-order valence-corrected chi connectivity index (χ1v) is 6.86. The fraction of sp³-hybridized carbons (Fsp3) is 0.600. The van der Waals surface area contributed by atoms with Crippen LogP contribution in [0.1, 0.15) is 37.8 Å². The molecule has 1 aromatic rings. The van der Waals surface area contributed by atoms with Crippen LogP contribution in [0, 0.1) is 5.92 Å². The maximum atomic E-state index is 6.34. The summed E-state index contributed by atoms with van der Waals surface area (Å²) < 4.78 is 11.4. The molecular weight excluding hydrogens is 226 g/mol. The van der Waals surface area contributed by atoms with Crippen molar-refractivity contribution in [1.82, 2.24) is 0 Å². The van der Waals surface area contributed by atoms with Gasteiger partial charge in [-0.15, -0.1) is 0 Å². The molecule has 3 unspecified atom stereocenters. The molecule has 1 aromatic carbocycles. The van der Waals surface area contributed by atoms with Gasteiger partial charge in [-0.2, -0.15) is 0 Å². The Hall–Kier alpha value is -1.06. The van der Waals surface area contributed by atoms with Gasteiger partial charge in [0.25, 0.3) is 0 Å². The van der Waals surface area contributed by atoms with Crippen molar-refractivity contribution in [3.05, 3.63) is 29.8 Å². The minimum atomic E-state index is 0.0534. The van der Waals surface area contributed by atoms with Gasteiger partial charge in [-0.1, -0.05) is 12.1 Å². The van der Waals surface area contributed by atoms with Crippen molar-refractivity contribution >= 4 is 0 Å². The number of hydrogen-bond donors (Lipinski definition) is 1. The summed E-state index contributed by atoms with van der Waals surface area (Å²) in [6.45, 7) is 2.88. The lowest BCUT2D eigenvalue weighted by molar-refractivity contribution is 0.118. The van der Waals surface area contributed by atoms with Gasteiger partial charge in [0.1, 0.15) is 5.75 Å². The normalized spacial score (nSPS) is 29.2.